The van der Waals surface area contributed by atoms with Crippen LogP contribution >= 0.6 is 0 Å². The summed E-state index contributed by atoms with van der Waals surface area (Å²) in [5, 5.41) is 0. The zero-order valence-electron chi connectivity index (χ0n) is 22.4. The summed E-state index contributed by atoms with van der Waals surface area (Å²) in [6.45, 7) is 4.24. The zero-order chi connectivity index (χ0) is 29.2. The first-order chi connectivity index (χ1) is 19.0. The van der Waals surface area contributed by atoms with E-state index in [0.29, 0.717) is 11.1 Å². The number of carbonyl (C=O) groups is 5. The molecule has 2 aromatic carbocycles. The summed E-state index contributed by atoms with van der Waals surface area (Å²) in [5.74, 6) is -2.70. The van der Waals surface area contributed by atoms with Gasteiger partial charge in [-0.25, -0.2) is 0 Å². The number of hydrogen-bond acceptors (Lipinski definition) is 11. The van der Waals surface area contributed by atoms with Crippen LogP contribution < -0.4 is 4.74 Å². The lowest BCUT2D eigenvalue weighted by molar-refractivity contribution is -0.288. The molecule has 1 aliphatic heterocycles. The van der Waals surface area contributed by atoms with Crippen molar-refractivity contribution in [3.63, 3.8) is 0 Å². The van der Waals surface area contributed by atoms with E-state index in [4.69, 9.17) is 28.4 Å². The molecule has 3 rings (SSSR count). The number of carbonyl (C=O) groups excluding carboxylic acids is 5. The molecule has 11 nitrogen and oxygen atoms in total. The molecular weight excluding hydrogens is 524 g/mol. The second-order valence-electron chi connectivity index (χ2n) is 8.82. The third-order valence-electron chi connectivity index (χ3n) is 5.57. The summed E-state index contributed by atoms with van der Waals surface area (Å²) >= 11 is 0. The van der Waals surface area contributed by atoms with Crippen molar-refractivity contribution >= 4 is 35.7 Å². The van der Waals surface area contributed by atoms with Crippen LogP contribution in [0.25, 0.3) is 6.08 Å². The Hall–Kier alpha value is -4.51. The molecule has 1 fully saturated rings. The number of rotatable bonds is 10. The van der Waals surface area contributed by atoms with Crippen molar-refractivity contribution in [2.45, 2.75) is 58.4 Å². The molecule has 2 aromatic rings. The van der Waals surface area contributed by atoms with Gasteiger partial charge in [0.2, 0.25) is 12.4 Å². The third kappa shape index (κ3) is 8.77. The number of allylic oxidation sites excluding steroid dienone is 1. The van der Waals surface area contributed by atoms with E-state index >= 15 is 0 Å². The van der Waals surface area contributed by atoms with Gasteiger partial charge in [-0.15, -0.1) is 0 Å². The van der Waals surface area contributed by atoms with Crippen LogP contribution in [0.4, 0.5) is 0 Å². The van der Waals surface area contributed by atoms with Crippen molar-refractivity contribution in [2.24, 2.45) is 0 Å². The van der Waals surface area contributed by atoms with Gasteiger partial charge in [0.1, 0.15) is 18.5 Å². The number of hydrogen-bond donors (Lipinski definition) is 0. The molecule has 11 heteroatoms. The molecule has 0 spiro atoms. The van der Waals surface area contributed by atoms with Crippen molar-refractivity contribution in [3.8, 4) is 5.75 Å². The predicted molar refractivity (Wildman–Crippen MR) is 139 cm³/mol. The van der Waals surface area contributed by atoms with Crippen molar-refractivity contribution in [1.82, 2.24) is 0 Å². The molecule has 5 atom stereocenters. The van der Waals surface area contributed by atoms with Crippen LogP contribution in [0.5, 0.6) is 5.75 Å². The number of ketones is 1. The fourth-order valence-corrected chi connectivity index (χ4v) is 3.95. The minimum atomic E-state index is -1.35. The average Bonchev–Trinajstić information content (AvgIpc) is 2.90. The standard InChI is InChI=1S/C29H30O11/c1-17(30)35-16-25-26(36-18(2)31)27(37-19(3)32)28(38-20(4)33)29(40-25)39-23-13-10-21(11-14-23)12-15-24(34)22-8-6-5-7-9-22/h5-15,25-29H,16H2,1-4H3. The Morgan fingerprint density at radius 1 is 0.725 bits per heavy atom. The maximum Gasteiger partial charge on any atom is 0.303 e. The third-order valence-corrected chi connectivity index (χ3v) is 5.57. The van der Waals surface area contributed by atoms with E-state index in [1.54, 1.807) is 54.6 Å². The van der Waals surface area contributed by atoms with E-state index in [0.717, 1.165) is 20.8 Å². The summed E-state index contributed by atoms with van der Waals surface area (Å²) in [6.07, 6.45) is -3.34. The maximum absolute atomic E-state index is 12.3. The second-order valence-corrected chi connectivity index (χ2v) is 8.82. The van der Waals surface area contributed by atoms with Gasteiger partial charge >= 0.3 is 23.9 Å². The highest BCUT2D eigenvalue weighted by atomic mass is 16.7. The first-order valence-corrected chi connectivity index (χ1v) is 12.4. The molecular formula is C29H30O11. The average molecular weight is 555 g/mol. The molecule has 40 heavy (non-hydrogen) atoms. The van der Waals surface area contributed by atoms with Gasteiger partial charge in [0.25, 0.3) is 0 Å². The SMILES string of the molecule is CC(=O)OCC1OC(Oc2ccc(C=CC(=O)c3ccccc3)cc2)C(OC(C)=O)C(OC(C)=O)C1OC(C)=O. The molecule has 0 amide bonds. The molecule has 0 aliphatic carbocycles. The molecule has 212 valence electrons. The highest BCUT2D eigenvalue weighted by Crippen LogP contribution is 2.31. The van der Waals surface area contributed by atoms with Crippen LogP contribution in [-0.4, -0.2) is 67.0 Å². The van der Waals surface area contributed by atoms with Gasteiger partial charge < -0.3 is 28.4 Å². The number of esters is 4. The van der Waals surface area contributed by atoms with Gasteiger partial charge in [-0.3, -0.25) is 24.0 Å². The van der Waals surface area contributed by atoms with E-state index < -0.39 is 54.6 Å². The monoisotopic (exact) mass is 554 g/mol. The van der Waals surface area contributed by atoms with E-state index in [-0.39, 0.29) is 18.1 Å². The van der Waals surface area contributed by atoms with Crippen molar-refractivity contribution in [3.05, 3.63) is 71.8 Å². The molecule has 1 saturated heterocycles. The topological polar surface area (TPSA) is 141 Å². The quantitative estimate of drug-likeness (QED) is 0.185. The molecule has 0 saturated carbocycles. The molecule has 0 bridgehead atoms. The summed E-state index contributed by atoms with van der Waals surface area (Å²) < 4.78 is 33.1. The normalized spacial score (nSPS) is 22.1. The molecule has 5 unspecified atom stereocenters. The smallest absolute Gasteiger partial charge is 0.303 e. The van der Waals surface area contributed by atoms with E-state index in [2.05, 4.69) is 0 Å². The molecule has 1 aliphatic rings. The van der Waals surface area contributed by atoms with Gasteiger partial charge in [-0.1, -0.05) is 48.5 Å². The largest absolute Gasteiger partial charge is 0.463 e. The zero-order valence-corrected chi connectivity index (χ0v) is 22.4. The predicted octanol–water partition coefficient (Wildman–Crippen LogP) is 3.04. The lowest BCUT2D eigenvalue weighted by atomic mass is 9.98. The minimum Gasteiger partial charge on any atom is -0.463 e. The Bertz CT molecular complexity index is 1240. The summed E-state index contributed by atoms with van der Waals surface area (Å²) in [7, 11) is 0. The minimum absolute atomic E-state index is 0.154. The van der Waals surface area contributed by atoms with E-state index in [9.17, 15) is 24.0 Å². The number of ether oxygens (including phenoxy) is 6. The van der Waals surface area contributed by atoms with Crippen LogP contribution in [-0.2, 0) is 42.9 Å². The summed E-state index contributed by atoms with van der Waals surface area (Å²) in [6, 6.07) is 15.4. The molecule has 0 N–H and O–H groups in total. The first kappa shape index (κ1) is 30.0. The van der Waals surface area contributed by atoms with Crippen LogP contribution in [0.15, 0.2) is 60.7 Å². The lowest BCUT2D eigenvalue weighted by Gasteiger charge is -2.43. The highest BCUT2D eigenvalue weighted by Gasteiger charge is 2.53. The Morgan fingerprint density at radius 2 is 1.30 bits per heavy atom. The summed E-state index contributed by atoms with van der Waals surface area (Å²) in [5.41, 5.74) is 1.26. The molecule has 1 heterocycles. The van der Waals surface area contributed by atoms with Crippen LogP contribution in [0.2, 0.25) is 0 Å². The van der Waals surface area contributed by atoms with Crippen LogP contribution in [0.1, 0.15) is 43.6 Å². The summed E-state index contributed by atoms with van der Waals surface area (Å²) in [4.78, 5) is 59.5. The van der Waals surface area contributed by atoms with E-state index in [1.165, 1.54) is 13.0 Å². The van der Waals surface area contributed by atoms with Crippen molar-refractivity contribution in [1.29, 1.82) is 0 Å². The fourth-order valence-electron chi connectivity index (χ4n) is 3.95. The number of benzene rings is 2. The van der Waals surface area contributed by atoms with Crippen molar-refractivity contribution in [2.75, 3.05) is 6.61 Å². The second kappa shape index (κ2) is 14.0. The van der Waals surface area contributed by atoms with Gasteiger partial charge in [-0.05, 0) is 23.8 Å². The van der Waals surface area contributed by atoms with Gasteiger partial charge in [0.05, 0.1) is 0 Å². The molecule has 0 radical (unpaired) electrons. The van der Waals surface area contributed by atoms with Crippen LogP contribution in [0.3, 0.4) is 0 Å². The Balaban J connectivity index is 1.85. The Labute approximate surface area is 230 Å². The van der Waals surface area contributed by atoms with Gasteiger partial charge in [0.15, 0.2) is 18.0 Å². The Morgan fingerprint density at radius 3 is 1.88 bits per heavy atom. The van der Waals surface area contributed by atoms with Gasteiger partial charge in [-0.2, -0.15) is 0 Å². The van der Waals surface area contributed by atoms with Crippen molar-refractivity contribution < 1.29 is 52.4 Å². The maximum atomic E-state index is 12.3. The fraction of sp³-hybridized carbons (Fsp3) is 0.345. The lowest BCUT2D eigenvalue weighted by Crippen LogP contribution is -2.63. The van der Waals surface area contributed by atoms with E-state index in [1.807, 2.05) is 6.07 Å². The highest BCUT2D eigenvalue weighted by molar-refractivity contribution is 6.06. The van der Waals surface area contributed by atoms with Crippen LogP contribution in [0, 0.1) is 0 Å². The Kier molecular flexibility index (Phi) is 10.5. The first-order valence-electron chi connectivity index (χ1n) is 12.4. The molecule has 0 aromatic heterocycles. The van der Waals surface area contributed by atoms with Gasteiger partial charge in [0, 0.05) is 33.3 Å².